The van der Waals surface area contributed by atoms with Crippen molar-refractivity contribution in [3.63, 3.8) is 0 Å². The lowest BCUT2D eigenvalue weighted by atomic mass is 10.1. The topological polar surface area (TPSA) is 29.9 Å². The molecule has 0 amide bonds. The Morgan fingerprint density at radius 3 is 2.61 bits per heavy atom. The zero-order chi connectivity index (χ0) is 13.2. The van der Waals surface area contributed by atoms with E-state index in [4.69, 9.17) is 0 Å². The minimum atomic E-state index is -4.53. The summed E-state index contributed by atoms with van der Waals surface area (Å²) >= 11 is 0. The fraction of sp³-hybridized carbons (Fsp3) is 0.182. The van der Waals surface area contributed by atoms with Crippen LogP contribution >= 0.6 is 0 Å². The second-order valence-corrected chi connectivity index (χ2v) is 3.61. The number of hydrogen-bond donors (Lipinski definition) is 1. The van der Waals surface area contributed by atoms with E-state index in [2.05, 4.69) is 10.4 Å². The molecule has 0 atom stereocenters. The molecule has 0 unspecified atom stereocenters. The average Bonchev–Trinajstić information content (AvgIpc) is 2.79. The van der Waals surface area contributed by atoms with Crippen LogP contribution in [0.5, 0.6) is 0 Å². The molecular weight excluding hydrogens is 250 g/mol. The molecule has 0 aliphatic rings. The van der Waals surface area contributed by atoms with E-state index >= 15 is 0 Å². The number of rotatable bonds is 3. The molecule has 0 saturated carbocycles. The first-order valence-electron chi connectivity index (χ1n) is 5.04. The van der Waals surface area contributed by atoms with Crippen molar-refractivity contribution in [2.45, 2.75) is 12.7 Å². The number of alkyl halides is 3. The molecule has 0 saturated heterocycles. The smallest absolute Gasteiger partial charge is 0.320 e. The number of hydrogen-bond acceptors (Lipinski definition) is 2. The van der Waals surface area contributed by atoms with Gasteiger partial charge < -0.3 is 5.43 Å². The Morgan fingerprint density at radius 2 is 2.06 bits per heavy atom. The van der Waals surface area contributed by atoms with E-state index < -0.39 is 17.6 Å². The monoisotopic (exact) mass is 259 g/mol. The van der Waals surface area contributed by atoms with E-state index in [1.807, 2.05) is 0 Å². The zero-order valence-corrected chi connectivity index (χ0v) is 9.08. The molecule has 1 aromatic heterocycles. The van der Waals surface area contributed by atoms with Crippen molar-refractivity contribution in [2.24, 2.45) is 0 Å². The summed E-state index contributed by atoms with van der Waals surface area (Å²) < 4.78 is 51.9. The summed E-state index contributed by atoms with van der Waals surface area (Å²) in [7, 11) is 0. The summed E-state index contributed by atoms with van der Waals surface area (Å²) in [5, 5.41) is 0. The Labute approximate surface area is 100 Å². The maximum atomic E-state index is 13.4. The van der Waals surface area contributed by atoms with Crippen LogP contribution in [0.15, 0.2) is 36.9 Å². The van der Waals surface area contributed by atoms with Gasteiger partial charge in [0.05, 0.1) is 12.1 Å². The van der Waals surface area contributed by atoms with Crippen LogP contribution in [0.4, 0.5) is 17.6 Å². The van der Waals surface area contributed by atoms with Crippen molar-refractivity contribution < 1.29 is 17.6 Å². The van der Waals surface area contributed by atoms with Gasteiger partial charge in [-0.2, -0.15) is 13.2 Å². The Balaban J connectivity index is 2.10. The van der Waals surface area contributed by atoms with Crippen LogP contribution in [0.25, 0.3) is 0 Å². The molecule has 0 spiro atoms. The third kappa shape index (κ3) is 2.79. The van der Waals surface area contributed by atoms with E-state index in [0.29, 0.717) is 6.07 Å². The maximum absolute atomic E-state index is 13.4. The minimum absolute atomic E-state index is 0.0698. The van der Waals surface area contributed by atoms with Crippen molar-refractivity contribution in [1.82, 2.24) is 9.66 Å². The Morgan fingerprint density at radius 1 is 1.28 bits per heavy atom. The number of nitrogens with one attached hydrogen (secondary N) is 1. The van der Waals surface area contributed by atoms with Gasteiger partial charge in [-0.25, -0.2) is 9.37 Å². The molecule has 1 aromatic carbocycles. The van der Waals surface area contributed by atoms with E-state index in [1.165, 1.54) is 17.2 Å². The highest BCUT2D eigenvalue weighted by atomic mass is 19.4. The van der Waals surface area contributed by atoms with Crippen molar-refractivity contribution >= 4 is 0 Å². The highest BCUT2D eigenvalue weighted by Crippen LogP contribution is 2.30. The molecule has 0 fully saturated rings. The average molecular weight is 259 g/mol. The number of benzene rings is 1. The zero-order valence-electron chi connectivity index (χ0n) is 9.08. The third-order valence-corrected chi connectivity index (χ3v) is 2.34. The quantitative estimate of drug-likeness (QED) is 0.859. The fourth-order valence-corrected chi connectivity index (χ4v) is 1.40. The predicted molar refractivity (Wildman–Crippen MR) is 56.7 cm³/mol. The van der Waals surface area contributed by atoms with Crippen molar-refractivity contribution in [3.8, 4) is 0 Å². The van der Waals surface area contributed by atoms with E-state index in [-0.39, 0.29) is 12.1 Å². The summed E-state index contributed by atoms with van der Waals surface area (Å²) in [6, 6.07) is 2.46. The molecule has 0 aliphatic carbocycles. The highest BCUT2D eigenvalue weighted by molar-refractivity contribution is 5.26. The number of imidazole rings is 1. The molecule has 0 aliphatic heterocycles. The molecule has 96 valence electrons. The first kappa shape index (κ1) is 12.4. The van der Waals surface area contributed by atoms with Crippen LogP contribution in [-0.4, -0.2) is 9.66 Å². The third-order valence-electron chi connectivity index (χ3n) is 2.34. The predicted octanol–water partition coefficient (Wildman–Crippen LogP) is 2.78. The van der Waals surface area contributed by atoms with Gasteiger partial charge in [0.25, 0.3) is 0 Å². The van der Waals surface area contributed by atoms with Gasteiger partial charge in [0.15, 0.2) is 0 Å². The molecule has 3 nitrogen and oxygen atoms in total. The van der Waals surface area contributed by atoms with Gasteiger partial charge in [-0.05, 0) is 12.1 Å². The largest absolute Gasteiger partial charge is 0.416 e. The summed E-state index contributed by atoms with van der Waals surface area (Å²) in [5.74, 6) is -0.891. The molecule has 2 rings (SSSR count). The van der Waals surface area contributed by atoms with Gasteiger partial charge in [-0.1, -0.05) is 6.07 Å². The lowest BCUT2D eigenvalue weighted by Crippen LogP contribution is -2.14. The standard InChI is InChI=1S/C11H9F4N3/c12-10-5-9(11(13,14)15)2-1-8(10)6-17-18-4-3-16-7-18/h1-5,7,17H,6H2. The fourth-order valence-electron chi connectivity index (χ4n) is 1.40. The Bertz CT molecular complexity index is 520. The van der Waals surface area contributed by atoms with Crippen molar-refractivity contribution in [3.05, 3.63) is 53.9 Å². The highest BCUT2D eigenvalue weighted by Gasteiger charge is 2.31. The van der Waals surface area contributed by atoms with Crippen LogP contribution in [-0.2, 0) is 12.7 Å². The molecule has 7 heteroatoms. The van der Waals surface area contributed by atoms with Crippen LogP contribution in [0.2, 0.25) is 0 Å². The lowest BCUT2D eigenvalue weighted by molar-refractivity contribution is -0.137. The molecule has 0 radical (unpaired) electrons. The molecule has 0 bridgehead atoms. The minimum Gasteiger partial charge on any atom is -0.320 e. The SMILES string of the molecule is Fc1cc(C(F)(F)F)ccc1CNn1ccnc1. The van der Waals surface area contributed by atoms with Gasteiger partial charge in [0.2, 0.25) is 0 Å². The summed E-state index contributed by atoms with van der Waals surface area (Å²) in [4.78, 5) is 3.76. The summed E-state index contributed by atoms with van der Waals surface area (Å²) in [6.07, 6.45) is 0.0528. The normalized spacial score (nSPS) is 11.6. The van der Waals surface area contributed by atoms with Gasteiger partial charge in [-0.15, -0.1) is 0 Å². The molecule has 2 aromatic rings. The van der Waals surface area contributed by atoms with E-state index in [9.17, 15) is 17.6 Å². The molecular formula is C11H9F4N3. The maximum Gasteiger partial charge on any atom is 0.416 e. The second kappa shape index (κ2) is 4.67. The van der Waals surface area contributed by atoms with Crippen LogP contribution in [0.3, 0.4) is 0 Å². The number of nitrogens with zero attached hydrogens (tertiary/aromatic N) is 2. The molecule has 1 heterocycles. The summed E-state index contributed by atoms with van der Waals surface area (Å²) in [5.41, 5.74) is 1.93. The lowest BCUT2D eigenvalue weighted by Gasteiger charge is -2.10. The first-order valence-corrected chi connectivity index (χ1v) is 5.04. The van der Waals surface area contributed by atoms with Crippen molar-refractivity contribution in [2.75, 3.05) is 5.43 Å². The van der Waals surface area contributed by atoms with E-state index in [0.717, 1.165) is 12.1 Å². The molecule has 18 heavy (non-hydrogen) atoms. The van der Waals surface area contributed by atoms with Gasteiger partial charge in [0.1, 0.15) is 12.1 Å². The Kier molecular flexibility index (Phi) is 3.22. The molecule has 1 N–H and O–H groups in total. The first-order chi connectivity index (χ1) is 8.47. The number of halogens is 4. The van der Waals surface area contributed by atoms with E-state index in [1.54, 1.807) is 6.20 Å². The second-order valence-electron chi connectivity index (χ2n) is 3.61. The van der Waals surface area contributed by atoms with Gasteiger partial charge in [-0.3, -0.25) is 4.68 Å². The van der Waals surface area contributed by atoms with Gasteiger partial charge in [0, 0.05) is 18.0 Å². The number of aromatic nitrogens is 2. The Hall–Kier alpha value is -2.05. The van der Waals surface area contributed by atoms with Crippen LogP contribution < -0.4 is 5.43 Å². The van der Waals surface area contributed by atoms with Gasteiger partial charge >= 0.3 is 6.18 Å². The summed E-state index contributed by atoms with van der Waals surface area (Å²) in [6.45, 7) is 0.0698. The van der Waals surface area contributed by atoms with Crippen LogP contribution in [0.1, 0.15) is 11.1 Å². The van der Waals surface area contributed by atoms with Crippen molar-refractivity contribution in [1.29, 1.82) is 0 Å². The van der Waals surface area contributed by atoms with Crippen LogP contribution in [0, 0.1) is 5.82 Å².